The molecule has 5 nitrogen and oxygen atoms in total. The number of nitrogens with zero attached hydrogens (tertiary/aromatic N) is 1. The third-order valence-electron chi connectivity index (χ3n) is 3.93. The minimum absolute atomic E-state index is 0.0157. The molecule has 0 bridgehead atoms. The summed E-state index contributed by atoms with van der Waals surface area (Å²) in [5.74, 6) is 0.557. The largest absolute Gasteiger partial charge is 0.457 e. The summed E-state index contributed by atoms with van der Waals surface area (Å²) >= 11 is 6.15. The van der Waals surface area contributed by atoms with Crippen molar-refractivity contribution in [3.8, 4) is 17.4 Å². The van der Waals surface area contributed by atoms with Gasteiger partial charge in [-0.25, -0.2) is 0 Å². The van der Waals surface area contributed by atoms with Gasteiger partial charge in [-0.15, -0.1) is 0 Å². The Hall–Kier alpha value is -2.55. The van der Waals surface area contributed by atoms with Crippen molar-refractivity contribution in [2.45, 2.75) is 18.9 Å². The fourth-order valence-electron chi connectivity index (χ4n) is 2.63. The van der Waals surface area contributed by atoms with E-state index in [0.29, 0.717) is 23.1 Å². The molecule has 1 aliphatic rings. The molecule has 6 heteroatoms. The van der Waals surface area contributed by atoms with Gasteiger partial charge in [-0.2, -0.15) is 5.26 Å². The van der Waals surface area contributed by atoms with Crippen LogP contribution in [-0.2, 0) is 9.53 Å². The van der Waals surface area contributed by atoms with Crippen LogP contribution < -0.4 is 5.32 Å². The van der Waals surface area contributed by atoms with E-state index in [1.807, 2.05) is 24.3 Å². The molecule has 0 radical (unpaired) electrons. The summed E-state index contributed by atoms with van der Waals surface area (Å²) in [5, 5.41) is 12.5. The van der Waals surface area contributed by atoms with Gasteiger partial charge in [0.1, 0.15) is 23.2 Å². The normalized spacial score (nSPS) is 17.3. The lowest BCUT2D eigenvalue weighted by Crippen LogP contribution is -2.32. The predicted octanol–water partition coefficient (Wildman–Crippen LogP) is 3.80. The van der Waals surface area contributed by atoms with Gasteiger partial charge in [-0.1, -0.05) is 23.7 Å². The quantitative estimate of drug-likeness (QED) is 0.653. The molecule has 1 unspecified atom stereocenters. The second-order valence-corrected chi connectivity index (χ2v) is 6.10. The molecule has 1 N–H and O–H groups in total. The summed E-state index contributed by atoms with van der Waals surface area (Å²) in [5.41, 5.74) is 0.739. The molecule has 1 atom stereocenters. The van der Waals surface area contributed by atoms with Crippen molar-refractivity contribution in [1.29, 1.82) is 5.26 Å². The average molecular weight is 357 g/mol. The predicted molar refractivity (Wildman–Crippen MR) is 94.7 cm³/mol. The first-order valence-corrected chi connectivity index (χ1v) is 8.41. The van der Waals surface area contributed by atoms with Crippen LogP contribution in [0.15, 0.2) is 46.4 Å². The van der Waals surface area contributed by atoms with Gasteiger partial charge in [-0.05, 0) is 37.1 Å². The Kier molecular flexibility index (Phi) is 5.54. The first-order chi connectivity index (χ1) is 12.2. The van der Waals surface area contributed by atoms with E-state index in [9.17, 15) is 10.1 Å². The summed E-state index contributed by atoms with van der Waals surface area (Å²) in [6, 6.07) is 12.7. The number of carbonyl (C=O) groups is 1. The van der Waals surface area contributed by atoms with E-state index >= 15 is 0 Å². The van der Waals surface area contributed by atoms with Crippen LogP contribution in [0.25, 0.3) is 17.4 Å². The molecule has 1 aromatic carbocycles. The van der Waals surface area contributed by atoms with Crippen molar-refractivity contribution in [3.05, 3.63) is 52.8 Å². The number of rotatable bonds is 5. The van der Waals surface area contributed by atoms with Crippen LogP contribution in [0, 0.1) is 11.3 Å². The minimum Gasteiger partial charge on any atom is -0.457 e. The number of amides is 1. The second kappa shape index (κ2) is 8.02. The number of ether oxygens (including phenoxy) is 1. The Morgan fingerprint density at radius 3 is 2.92 bits per heavy atom. The molecule has 128 valence electrons. The second-order valence-electron chi connectivity index (χ2n) is 5.70. The molecule has 0 saturated carbocycles. The molecule has 0 aliphatic carbocycles. The van der Waals surface area contributed by atoms with Crippen LogP contribution in [0.2, 0.25) is 5.02 Å². The average Bonchev–Trinajstić information content (AvgIpc) is 3.30. The maximum Gasteiger partial charge on any atom is 0.262 e. The highest BCUT2D eigenvalue weighted by molar-refractivity contribution is 6.33. The number of hydrogen-bond donors (Lipinski definition) is 1. The van der Waals surface area contributed by atoms with E-state index in [4.69, 9.17) is 20.8 Å². The van der Waals surface area contributed by atoms with Crippen molar-refractivity contribution in [1.82, 2.24) is 5.32 Å². The van der Waals surface area contributed by atoms with Crippen molar-refractivity contribution >= 4 is 23.6 Å². The standard InChI is InChI=1S/C19H17ClN2O3/c20-17-6-2-1-5-16(17)18-8-7-14(25-18)10-13(11-21)19(23)22-12-15-4-3-9-24-15/h1-2,5-8,10,15H,3-4,9,12H2,(H,22,23)/b13-10-. The molecule has 0 spiro atoms. The van der Waals surface area contributed by atoms with Gasteiger partial charge in [0.05, 0.1) is 11.1 Å². The van der Waals surface area contributed by atoms with Crippen LogP contribution in [0.4, 0.5) is 0 Å². The molecule has 25 heavy (non-hydrogen) atoms. The highest BCUT2D eigenvalue weighted by Crippen LogP contribution is 2.29. The lowest BCUT2D eigenvalue weighted by atomic mass is 10.2. The van der Waals surface area contributed by atoms with E-state index in [0.717, 1.165) is 25.0 Å². The van der Waals surface area contributed by atoms with E-state index in [2.05, 4.69) is 5.32 Å². The van der Waals surface area contributed by atoms with Gasteiger partial charge in [0.2, 0.25) is 0 Å². The minimum atomic E-state index is -0.436. The maximum atomic E-state index is 12.1. The first-order valence-electron chi connectivity index (χ1n) is 8.03. The highest BCUT2D eigenvalue weighted by Gasteiger charge is 2.18. The zero-order chi connectivity index (χ0) is 17.6. The topological polar surface area (TPSA) is 75.3 Å². The van der Waals surface area contributed by atoms with Gasteiger partial charge in [0.25, 0.3) is 5.91 Å². The van der Waals surface area contributed by atoms with Crippen molar-refractivity contribution < 1.29 is 13.9 Å². The number of halogens is 1. The van der Waals surface area contributed by atoms with E-state index in [1.54, 1.807) is 18.2 Å². The molecule has 1 aliphatic heterocycles. The Morgan fingerprint density at radius 1 is 1.36 bits per heavy atom. The van der Waals surface area contributed by atoms with E-state index in [-0.39, 0.29) is 11.7 Å². The van der Waals surface area contributed by atoms with Gasteiger partial charge < -0.3 is 14.5 Å². The molecular formula is C19H17ClN2O3. The maximum absolute atomic E-state index is 12.1. The van der Waals surface area contributed by atoms with Crippen molar-refractivity contribution in [2.24, 2.45) is 0 Å². The molecule has 3 rings (SSSR count). The summed E-state index contributed by atoms with van der Waals surface area (Å²) in [7, 11) is 0. The number of furan rings is 1. The molecule has 2 aromatic rings. The smallest absolute Gasteiger partial charge is 0.262 e. The summed E-state index contributed by atoms with van der Waals surface area (Å²) in [4.78, 5) is 12.1. The Morgan fingerprint density at radius 2 is 2.20 bits per heavy atom. The number of benzene rings is 1. The van der Waals surface area contributed by atoms with Crippen molar-refractivity contribution in [3.63, 3.8) is 0 Å². The SMILES string of the molecule is N#C/C(=C/c1ccc(-c2ccccc2Cl)o1)C(=O)NCC1CCCO1. The zero-order valence-electron chi connectivity index (χ0n) is 13.5. The third-order valence-corrected chi connectivity index (χ3v) is 4.26. The van der Waals surface area contributed by atoms with Crippen LogP contribution in [-0.4, -0.2) is 25.2 Å². The number of carbonyl (C=O) groups excluding carboxylic acids is 1. The van der Waals surface area contributed by atoms with Crippen molar-refractivity contribution in [2.75, 3.05) is 13.2 Å². The monoisotopic (exact) mass is 356 g/mol. The summed E-state index contributed by atoms with van der Waals surface area (Å²) < 4.78 is 11.1. The first kappa shape index (κ1) is 17.3. The van der Waals surface area contributed by atoms with Crippen LogP contribution in [0.1, 0.15) is 18.6 Å². The molecular weight excluding hydrogens is 340 g/mol. The third kappa shape index (κ3) is 4.30. The number of hydrogen-bond acceptors (Lipinski definition) is 4. The summed E-state index contributed by atoms with van der Waals surface area (Å²) in [6.07, 6.45) is 3.37. The summed E-state index contributed by atoms with van der Waals surface area (Å²) in [6.45, 7) is 1.12. The number of nitriles is 1. The highest BCUT2D eigenvalue weighted by atomic mass is 35.5. The molecule has 1 aromatic heterocycles. The lowest BCUT2D eigenvalue weighted by Gasteiger charge is -2.09. The van der Waals surface area contributed by atoms with E-state index in [1.165, 1.54) is 6.08 Å². The van der Waals surface area contributed by atoms with Crippen LogP contribution in [0.3, 0.4) is 0 Å². The lowest BCUT2D eigenvalue weighted by molar-refractivity contribution is -0.117. The number of nitrogens with one attached hydrogen (secondary N) is 1. The van der Waals surface area contributed by atoms with Gasteiger partial charge in [0.15, 0.2) is 0 Å². The van der Waals surface area contributed by atoms with Gasteiger partial charge in [-0.3, -0.25) is 4.79 Å². The van der Waals surface area contributed by atoms with E-state index < -0.39 is 5.91 Å². The molecule has 1 amide bonds. The van der Waals surface area contributed by atoms with Gasteiger partial charge in [0, 0.05) is 24.8 Å². The Labute approximate surface area is 150 Å². The van der Waals surface area contributed by atoms with Crippen LogP contribution >= 0.6 is 11.6 Å². The fourth-order valence-corrected chi connectivity index (χ4v) is 2.86. The molecule has 1 saturated heterocycles. The van der Waals surface area contributed by atoms with Crippen LogP contribution in [0.5, 0.6) is 0 Å². The Balaban J connectivity index is 1.71. The molecule has 2 heterocycles. The zero-order valence-corrected chi connectivity index (χ0v) is 14.3. The molecule has 1 fully saturated rings. The van der Waals surface area contributed by atoms with Gasteiger partial charge >= 0.3 is 0 Å². The fraction of sp³-hybridized carbons (Fsp3) is 0.263. The Bertz CT molecular complexity index is 829.